The molecule has 0 heterocycles. The highest BCUT2D eigenvalue weighted by molar-refractivity contribution is 7.80. The number of hydrogen-bond donors (Lipinski definition) is 2. The average molecular weight is 403 g/mol. The van der Waals surface area contributed by atoms with E-state index in [0.29, 0.717) is 22.4 Å². The molecule has 8 nitrogen and oxygen atoms in total. The highest BCUT2D eigenvalue weighted by atomic mass is 32.1. The van der Waals surface area contributed by atoms with Crippen molar-refractivity contribution in [3.63, 3.8) is 0 Å². The smallest absolute Gasteiger partial charge is 0.343 e. The lowest BCUT2D eigenvalue weighted by Gasteiger charge is -2.11. The topological polar surface area (TPSA) is 90.4 Å². The molecule has 0 unspecified atom stereocenters. The molecule has 0 radical (unpaired) electrons. The summed E-state index contributed by atoms with van der Waals surface area (Å²) in [5.41, 5.74) is 3.66. The van der Waals surface area contributed by atoms with Crippen LogP contribution in [0.3, 0.4) is 0 Å². The van der Waals surface area contributed by atoms with E-state index < -0.39 is 5.97 Å². The molecule has 0 bridgehead atoms. The maximum absolute atomic E-state index is 12.5. The largest absolute Gasteiger partial charge is 0.497 e. The highest BCUT2D eigenvalue weighted by Crippen LogP contribution is 2.29. The first-order valence-electron chi connectivity index (χ1n) is 8.14. The molecule has 0 aliphatic heterocycles. The number of nitrogens with zero attached hydrogens (tertiary/aromatic N) is 1. The van der Waals surface area contributed by atoms with Gasteiger partial charge >= 0.3 is 5.97 Å². The number of esters is 1. The fraction of sp³-hybridized carbons (Fsp3) is 0.211. The monoisotopic (exact) mass is 403 g/mol. The second kappa shape index (κ2) is 10.1. The SMILES string of the molecule is CNC(=S)NN=Cc1ccc(OC(=O)c2cc(OC)cc(OC)c2)c(OC)c1. The minimum Gasteiger partial charge on any atom is -0.497 e. The molecule has 0 atom stereocenters. The van der Waals surface area contributed by atoms with Crippen LogP contribution in [0.5, 0.6) is 23.0 Å². The second-order valence-corrected chi connectivity index (χ2v) is 5.76. The Morgan fingerprint density at radius 1 is 1.00 bits per heavy atom. The Morgan fingerprint density at radius 2 is 1.68 bits per heavy atom. The van der Waals surface area contributed by atoms with Crippen LogP contribution < -0.4 is 29.7 Å². The fourth-order valence-electron chi connectivity index (χ4n) is 2.15. The first-order valence-corrected chi connectivity index (χ1v) is 8.55. The van der Waals surface area contributed by atoms with Crippen molar-refractivity contribution in [1.82, 2.24) is 10.7 Å². The van der Waals surface area contributed by atoms with Crippen LogP contribution in [-0.4, -0.2) is 45.7 Å². The third-order valence-electron chi connectivity index (χ3n) is 3.58. The summed E-state index contributed by atoms with van der Waals surface area (Å²) >= 11 is 4.93. The lowest BCUT2D eigenvalue weighted by Crippen LogP contribution is -2.28. The number of ether oxygens (including phenoxy) is 4. The predicted octanol–water partition coefficient (Wildman–Crippen LogP) is 2.36. The number of thiocarbonyl (C=S) groups is 1. The van der Waals surface area contributed by atoms with Crippen molar-refractivity contribution in [2.45, 2.75) is 0 Å². The van der Waals surface area contributed by atoms with Crippen molar-refractivity contribution in [3.8, 4) is 23.0 Å². The molecule has 9 heteroatoms. The van der Waals surface area contributed by atoms with Gasteiger partial charge in [-0.25, -0.2) is 4.79 Å². The molecule has 2 aromatic rings. The molecule has 0 aliphatic carbocycles. The van der Waals surface area contributed by atoms with Crippen LogP contribution in [0.25, 0.3) is 0 Å². The van der Waals surface area contributed by atoms with Gasteiger partial charge in [0.15, 0.2) is 16.6 Å². The van der Waals surface area contributed by atoms with E-state index in [1.54, 1.807) is 49.7 Å². The molecule has 0 saturated heterocycles. The van der Waals surface area contributed by atoms with Gasteiger partial charge in [-0.3, -0.25) is 5.43 Å². The van der Waals surface area contributed by atoms with Gasteiger partial charge < -0.3 is 24.3 Å². The molecule has 2 rings (SSSR count). The number of nitrogens with one attached hydrogen (secondary N) is 2. The zero-order valence-electron chi connectivity index (χ0n) is 15.9. The van der Waals surface area contributed by atoms with E-state index in [1.165, 1.54) is 21.3 Å². The summed E-state index contributed by atoms with van der Waals surface area (Å²) in [4.78, 5) is 12.5. The van der Waals surface area contributed by atoms with Crippen molar-refractivity contribution in [2.75, 3.05) is 28.4 Å². The molecule has 0 amide bonds. The van der Waals surface area contributed by atoms with E-state index in [0.717, 1.165) is 5.56 Å². The number of carbonyl (C=O) groups excluding carboxylic acids is 1. The van der Waals surface area contributed by atoms with Crippen LogP contribution in [0.4, 0.5) is 0 Å². The van der Waals surface area contributed by atoms with E-state index in [1.807, 2.05) is 0 Å². The summed E-state index contributed by atoms with van der Waals surface area (Å²) in [5, 5.41) is 7.13. The predicted molar refractivity (Wildman–Crippen MR) is 110 cm³/mol. The molecule has 0 aliphatic rings. The van der Waals surface area contributed by atoms with Gasteiger partial charge in [0.25, 0.3) is 0 Å². The normalized spacial score (nSPS) is 10.3. The van der Waals surface area contributed by atoms with Gasteiger partial charge in [-0.1, -0.05) is 0 Å². The summed E-state index contributed by atoms with van der Waals surface area (Å²) in [6.07, 6.45) is 1.56. The van der Waals surface area contributed by atoms with Gasteiger partial charge in [0.2, 0.25) is 0 Å². The third-order valence-corrected chi connectivity index (χ3v) is 3.88. The Kier molecular flexibility index (Phi) is 7.58. The molecule has 148 valence electrons. The minimum atomic E-state index is -0.571. The van der Waals surface area contributed by atoms with Crippen LogP contribution in [0, 0.1) is 0 Å². The van der Waals surface area contributed by atoms with E-state index in [9.17, 15) is 4.79 Å². The summed E-state index contributed by atoms with van der Waals surface area (Å²) in [5.74, 6) is 1.04. The van der Waals surface area contributed by atoms with Crippen molar-refractivity contribution in [3.05, 3.63) is 47.5 Å². The number of hydrazone groups is 1. The summed E-state index contributed by atoms with van der Waals surface area (Å²) < 4.78 is 21.1. The standard InChI is InChI=1S/C19H21N3O5S/c1-20-19(28)22-21-11-12-5-6-16(17(7-12)26-4)27-18(23)13-8-14(24-2)10-15(9-13)25-3/h5-11H,1-4H3,(H2,20,22,28). The Hall–Kier alpha value is -3.33. The molecule has 0 fully saturated rings. The van der Waals surface area contributed by atoms with Crippen molar-refractivity contribution in [1.29, 1.82) is 0 Å². The zero-order chi connectivity index (χ0) is 20.5. The van der Waals surface area contributed by atoms with Gasteiger partial charge in [-0.15, -0.1) is 0 Å². The average Bonchev–Trinajstić information content (AvgIpc) is 2.73. The first kappa shape index (κ1) is 21.0. The Balaban J connectivity index is 2.19. The Labute approximate surface area is 168 Å². The number of carbonyl (C=O) groups is 1. The summed E-state index contributed by atoms with van der Waals surface area (Å²) in [6.45, 7) is 0. The molecule has 2 aromatic carbocycles. The lowest BCUT2D eigenvalue weighted by atomic mass is 10.2. The van der Waals surface area contributed by atoms with Crippen LogP contribution >= 0.6 is 12.2 Å². The van der Waals surface area contributed by atoms with Crippen molar-refractivity contribution < 1.29 is 23.7 Å². The van der Waals surface area contributed by atoms with Crippen LogP contribution in [-0.2, 0) is 0 Å². The molecule has 0 aromatic heterocycles. The Morgan fingerprint density at radius 3 is 2.25 bits per heavy atom. The van der Waals surface area contributed by atoms with E-state index >= 15 is 0 Å². The minimum absolute atomic E-state index is 0.269. The molecule has 2 N–H and O–H groups in total. The van der Waals surface area contributed by atoms with Gasteiger partial charge in [0, 0.05) is 13.1 Å². The Bertz CT molecular complexity index is 864. The second-order valence-electron chi connectivity index (χ2n) is 5.35. The third kappa shape index (κ3) is 5.58. The maximum Gasteiger partial charge on any atom is 0.343 e. The first-order chi connectivity index (χ1) is 13.5. The van der Waals surface area contributed by atoms with Gasteiger partial charge in [0.05, 0.1) is 33.1 Å². The number of rotatable bonds is 7. The molecule has 0 spiro atoms. The number of methoxy groups -OCH3 is 3. The zero-order valence-corrected chi connectivity index (χ0v) is 16.8. The van der Waals surface area contributed by atoms with Gasteiger partial charge in [-0.2, -0.15) is 5.10 Å². The lowest BCUT2D eigenvalue weighted by molar-refractivity contribution is 0.0729. The molecular formula is C19H21N3O5S. The summed E-state index contributed by atoms with van der Waals surface area (Å²) in [6, 6.07) is 9.82. The van der Waals surface area contributed by atoms with E-state index in [-0.39, 0.29) is 11.3 Å². The van der Waals surface area contributed by atoms with Gasteiger partial charge in [-0.05, 0) is 48.1 Å². The van der Waals surface area contributed by atoms with Gasteiger partial charge in [0.1, 0.15) is 11.5 Å². The summed E-state index contributed by atoms with van der Waals surface area (Å²) in [7, 11) is 6.18. The molecule has 0 saturated carbocycles. The van der Waals surface area contributed by atoms with E-state index in [4.69, 9.17) is 31.2 Å². The van der Waals surface area contributed by atoms with Crippen LogP contribution in [0.2, 0.25) is 0 Å². The number of benzene rings is 2. The van der Waals surface area contributed by atoms with Crippen molar-refractivity contribution in [2.24, 2.45) is 5.10 Å². The van der Waals surface area contributed by atoms with Crippen molar-refractivity contribution >= 4 is 29.5 Å². The fourth-order valence-corrected chi connectivity index (χ4v) is 2.21. The highest BCUT2D eigenvalue weighted by Gasteiger charge is 2.15. The number of hydrogen-bond acceptors (Lipinski definition) is 7. The van der Waals surface area contributed by atoms with Crippen LogP contribution in [0.1, 0.15) is 15.9 Å². The van der Waals surface area contributed by atoms with Crippen LogP contribution in [0.15, 0.2) is 41.5 Å². The quantitative estimate of drug-likeness (QED) is 0.239. The molecule has 28 heavy (non-hydrogen) atoms. The molecular weight excluding hydrogens is 382 g/mol. The maximum atomic E-state index is 12.5. The van der Waals surface area contributed by atoms with E-state index in [2.05, 4.69) is 15.8 Å².